The summed E-state index contributed by atoms with van der Waals surface area (Å²) in [6.45, 7) is 2.51. The molecule has 4 nitrogen and oxygen atoms in total. The number of carbonyl (C=O) groups is 1. The third-order valence-corrected chi connectivity index (χ3v) is 4.02. The van der Waals surface area contributed by atoms with Crippen molar-refractivity contribution in [3.63, 3.8) is 0 Å². The van der Waals surface area contributed by atoms with E-state index in [1.54, 1.807) is 0 Å². The molecule has 0 saturated carbocycles. The van der Waals surface area contributed by atoms with Crippen LogP contribution in [0, 0.1) is 5.92 Å². The molecule has 24 heavy (non-hydrogen) atoms. The standard InChI is InChI=1S/C19H22N2O2.ClH/c22-19(12-16-10-11-20-13-16)21-17-6-8-18(9-7-17)23-14-15-4-2-1-3-5-15;/h1-9,16,20H,10-14H2,(H,21,22);1H. The number of hydrogen-bond acceptors (Lipinski definition) is 3. The van der Waals surface area contributed by atoms with Crippen molar-refractivity contribution in [2.75, 3.05) is 18.4 Å². The summed E-state index contributed by atoms with van der Waals surface area (Å²) in [5.41, 5.74) is 1.95. The van der Waals surface area contributed by atoms with Gasteiger partial charge in [-0.2, -0.15) is 0 Å². The van der Waals surface area contributed by atoms with E-state index in [9.17, 15) is 4.79 Å². The van der Waals surface area contributed by atoms with Gasteiger partial charge in [-0.3, -0.25) is 4.79 Å². The van der Waals surface area contributed by atoms with Crippen LogP contribution in [0.3, 0.4) is 0 Å². The molecule has 0 aliphatic carbocycles. The molecule has 1 unspecified atom stereocenters. The lowest BCUT2D eigenvalue weighted by atomic mass is 10.0. The highest BCUT2D eigenvalue weighted by Gasteiger charge is 2.17. The average molecular weight is 347 g/mol. The molecular formula is C19H23ClN2O2. The van der Waals surface area contributed by atoms with Crippen LogP contribution in [-0.4, -0.2) is 19.0 Å². The number of rotatable bonds is 6. The highest BCUT2D eigenvalue weighted by atomic mass is 35.5. The van der Waals surface area contributed by atoms with Gasteiger partial charge in [0.1, 0.15) is 12.4 Å². The Kier molecular flexibility index (Phi) is 7.09. The summed E-state index contributed by atoms with van der Waals surface area (Å²) in [7, 11) is 0. The van der Waals surface area contributed by atoms with Gasteiger partial charge in [0.2, 0.25) is 5.91 Å². The minimum Gasteiger partial charge on any atom is -0.489 e. The van der Waals surface area contributed by atoms with Crippen molar-refractivity contribution >= 4 is 24.0 Å². The van der Waals surface area contributed by atoms with Gasteiger partial charge in [0.05, 0.1) is 0 Å². The summed E-state index contributed by atoms with van der Waals surface area (Å²) in [5.74, 6) is 1.34. The van der Waals surface area contributed by atoms with E-state index in [1.165, 1.54) is 0 Å². The predicted molar refractivity (Wildman–Crippen MR) is 98.7 cm³/mol. The Hall–Kier alpha value is -2.04. The molecule has 1 amide bonds. The smallest absolute Gasteiger partial charge is 0.224 e. The first-order valence-corrected chi connectivity index (χ1v) is 8.07. The Morgan fingerprint density at radius 2 is 1.88 bits per heavy atom. The Morgan fingerprint density at radius 1 is 1.12 bits per heavy atom. The molecule has 5 heteroatoms. The van der Waals surface area contributed by atoms with E-state index in [4.69, 9.17) is 4.74 Å². The quantitative estimate of drug-likeness (QED) is 0.839. The van der Waals surface area contributed by atoms with Crippen LogP contribution in [0.25, 0.3) is 0 Å². The molecule has 2 N–H and O–H groups in total. The molecule has 1 saturated heterocycles. The number of nitrogens with one attached hydrogen (secondary N) is 2. The summed E-state index contributed by atoms with van der Waals surface area (Å²) in [4.78, 5) is 12.0. The molecule has 1 aliphatic rings. The highest BCUT2D eigenvalue weighted by Crippen LogP contribution is 2.18. The minimum absolute atomic E-state index is 0. The van der Waals surface area contributed by atoms with E-state index < -0.39 is 0 Å². The summed E-state index contributed by atoms with van der Waals surface area (Å²) in [6.07, 6.45) is 1.67. The normalized spacial score (nSPS) is 16.2. The zero-order valence-corrected chi connectivity index (χ0v) is 14.4. The lowest BCUT2D eigenvalue weighted by Gasteiger charge is -2.10. The van der Waals surface area contributed by atoms with Gasteiger partial charge in [-0.1, -0.05) is 30.3 Å². The van der Waals surface area contributed by atoms with Gasteiger partial charge in [0, 0.05) is 12.1 Å². The zero-order chi connectivity index (χ0) is 15.9. The van der Waals surface area contributed by atoms with Gasteiger partial charge in [-0.05, 0) is 55.3 Å². The molecule has 1 atom stereocenters. The van der Waals surface area contributed by atoms with Crippen molar-refractivity contribution in [1.29, 1.82) is 0 Å². The molecule has 0 bridgehead atoms. The molecule has 1 aliphatic heterocycles. The number of ether oxygens (including phenoxy) is 1. The van der Waals surface area contributed by atoms with Crippen LogP contribution in [0.2, 0.25) is 0 Å². The lowest BCUT2D eigenvalue weighted by molar-refractivity contribution is -0.116. The molecular weight excluding hydrogens is 324 g/mol. The van der Waals surface area contributed by atoms with Crippen LogP contribution in [-0.2, 0) is 11.4 Å². The Morgan fingerprint density at radius 3 is 2.54 bits per heavy atom. The van der Waals surface area contributed by atoms with Crippen molar-refractivity contribution < 1.29 is 9.53 Å². The van der Waals surface area contributed by atoms with E-state index in [0.29, 0.717) is 18.9 Å². The molecule has 0 aromatic heterocycles. The van der Waals surface area contributed by atoms with Crippen molar-refractivity contribution in [3.05, 3.63) is 60.2 Å². The minimum atomic E-state index is 0. The molecule has 1 heterocycles. The third kappa shape index (κ3) is 5.55. The molecule has 0 spiro atoms. The van der Waals surface area contributed by atoms with Crippen LogP contribution in [0.1, 0.15) is 18.4 Å². The topological polar surface area (TPSA) is 50.4 Å². The van der Waals surface area contributed by atoms with E-state index in [0.717, 1.165) is 36.5 Å². The summed E-state index contributed by atoms with van der Waals surface area (Å²) in [5, 5.41) is 6.23. The number of carbonyl (C=O) groups excluding carboxylic acids is 1. The maximum absolute atomic E-state index is 12.0. The second-order valence-corrected chi connectivity index (χ2v) is 5.91. The molecule has 1 fully saturated rings. The molecule has 3 rings (SSSR count). The van der Waals surface area contributed by atoms with E-state index >= 15 is 0 Å². The number of benzene rings is 2. The van der Waals surface area contributed by atoms with Gasteiger partial charge in [-0.25, -0.2) is 0 Å². The largest absolute Gasteiger partial charge is 0.489 e. The first-order valence-electron chi connectivity index (χ1n) is 8.07. The van der Waals surface area contributed by atoms with Crippen LogP contribution >= 0.6 is 12.4 Å². The van der Waals surface area contributed by atoms with Crippen molar-refractivity contribution in [3.8, 4) is 5.75 Å². The van der Waals surface area contributed by atoms with Crippen molar-refractivity contribution in [2.24, 2.45) is 5.92 Å². The fourth-order valence-electron chi connectivity index (χ4n) is 2.74. The second kappa shape index (κ2) is 9.30. The van der Waals surface area contributed by atoms with Crippen LogP contribution < -0.4 is 15.4 Å². The SMILES string of the molecule is Cl.O=C(CC1CCNC1)Nc1ccc(OCc2ccccc2)cc1. The lowest BCUT2D eigenvalue weighted by Crippen LogP contribution is -2.18. The first kappa shape index (κ1) is 18.3. The van der Waals surface area contributed by atoms with Gasteiger partial charge in [0.15, 0.2) is 0 Å². The van der Waals surface area contributed by atoms with Gasteiger partial charge < -0.3 is 15.4 Å². The van der Waals surface area contributed by atoms with E-state index in [-0.39, 0.29) is 18.3 Å². The summed E-state index contributed by atoms with van der Waals surface area (Å²) in [6, 6.07) is 17.6. The zero-order valence-electron chi connectivity index (χ0n) is 13.5. The van der Waals surface area contributed by atoms with Gasteiger partial charge >= 0.3 is 0 Å². The van der Waals surface area contributed by atoms with Crippen LogP contribution in [0.15, 0.2) is 54.6 Å². The Labute approximate surface area is 149 Å². The number of halogens is 1. The van der Waals surface area contributed by atoms with Gasteiger partial charge in [0.25, 0.3) is 0 Å². The number of anilines is 1. The molecule has 128 valence electrons. The second-order valence-electron chi connectivity index (χ2n) is 5.91. The summed E-state index contributed by atoms with van der Waals surface area (Å²) < 4.78 is 5.74. The Balaban J connectivity index is 0.00000208. The fourth-order valence-corrected chi connectivity index (χ4v) is 2.74. The molecule has 0 radical (unpaired) electrons. The predicted octanol–water partition coefficient (Wildman–Crippen LogP) is 3.63. The van der Waals surface area contributed by atoms with Crippen molar-refractivity contribution in [2.45, 2.75) is 19.4 Å². The number of hydrogen-bond donors (Lipinski definition) is 2. The van der Waals surface area contributed by atoms with E-state index in [2.05, 4.69) is 10.6 Å². The third-order valence-electron chi connectivity index (χ3n) is 4.02. The first-order chi connectivity index (χ1) is 11.3. The maximum atomic E-state index is 12.0. The highest BCUT2D eigenvalue weighted by molar-refractivity contribution is 5.90. The monoisotopic (exact) mass is 346 g/mol. The Bertz CT molecular complexity index is 626. The van der Waals surface area contributed by atoms with E-state index in [1.807, 2.05) is 54.6 Å². The molecule has 2 aromatic carbocycles. The van der Waals surface area contributed by atoms with Gasteiger partial charge in [-0.15, -0.1) is 12.4 Å². The van der Waals surface area contributed by atoms with Crippen LogP contribution in [0.5, 0.6) is 5.75 Å². The summed E-state index contributed by atoms with van der Waals surface area (Å²) >= 11 is 0. The number of amides is 1. The fraction of sp³-hybridized carbons (Fsp3) is 0.316. The van der Waals surface area contributed by atoms with Crippen LogP contribution in [0.4, 0.5) is 5.69 Å². The maximum Gasteiger partial charge on any atom is 0.224 e. The molecule has 2 aromatic rings. The van der Waals surface area contributed by atoms with Crippen molar-refractivity contribution in [1.82, 2.24) is 5.32 Å². The average Bonchev–Trinajstić information content (AvgIpc) is 3.08.